The summed E-state index contributed by atoms with van der Waals surface area (Å²) in [5, 5.41) is 11.1. The zero-order chi connectivity index (χ0) is 19.2. The predicted molar refractivity (Wildman–Crippen MR) is 103 cm³/mol. The summed E-state index contributed by atoms with van der Waals surface area (Å²) in [5.74, 6) is 0.246. The summed E-state index contributed by atoms with van der Waals surface area (Å²) in [5.41, 5.74) is 1.23. The highest BCUT2D eigenvalue weighted by Crippen LogP contribution is 2.25. The van der Waals surface area contributed by atoms with Crippen molar-refractivity contribution in [3.63, 3.8) is 0 Å². The molecule has 0 aliphatic carbocycles. The number of thiazole rings is 1. The van der Waals surface area contributed by atoms with Gasteiger partial charge in [0.15, 0.2) is 10.9 Å². The number of carbonyl (C=O) groups excluding carboxylic acids is 2. The molecule has 0 spiro atoms. The zero-order valence-corrected chi connectivity index (χ0v) is 15.8. The molecule has 10 heteroatoms. The number of benzene rings is 1. The number of hydrogen-bond donors (Lipinski definition) is 2. The lowest BCUT2D eigenvalue weighted by atomic mass is 10.2. The SMILES string of the molecule is Cc1cc(NC(=O)CSCC(=O)Nc2nc(-c3cccc(F)c3)cs2)no1. The van der Waals surface area contributed by atoms with Crippen LogP contribution in [0.3, 0.4) is 0 Å². The molecule has 2 aromatic heterocycles. The third kappa shape index (κ3) is 5.63. The van der Waals surface area contributed by atoms with Crippen molar-refractivity contribution in [2.45, 2.75) is 6.92 Å². The molecule has 2 heterocycles. The minimum Gasteiger partial charge on any atom is -0.360 e. The maximum absolute atomic E-state index is 13.3. The summed E-state index contributed by atoms with van der Waals surface area (Å²) in [4.78, 5) is 28.0. The molecule has 2 amide bonds. The van der Waals surface area contributed by atoms with E-state index in [1.165, 1.54) is 23.5 Å². The normalized spacial score (nSPS) is 10.6. The molecule has 7 nitrogen and oxygen atoms in total. The summed E-state index contributed by atoms with van der Waals surface area (Å²) in [6, 6.07) is 7.69. The van der Waals surface area contributed by atoms with Gasteiger partial charge in [-0.2, -0.15) is 0 Å². The summed E-state index contributed by atoms with van der Waals surface area (Å²) >= 11 is 2.41. The van der Waals surface area contributed by atoms with E-state index in [0.29, 0.717) is 28.0 Å². The van der Waals surface area contributed by atoms with Crippen molar-refractivity contribution in [1.29, 1.82) is 0 Å². The number of aryl methyl sites for hydroxylation is 1. The van der Waals surface area contributed by atoms with Crippen LogP contribution < -0.4 is 10.6 Å². The van der Waals surface area contributed by atoms with E-state index < -0.39 is 0 Å². The standard InChI is InChI=1S/C17H15FN4O3S2/c1-10-5-14(22-25-10)20-15(23)8-26-9-16(24)21-17-19-13(7-27-17)11-3-2-4-12(18)6-11/h2-7H,8-9H2,1H3,(H,19,21,24)(H,20,22,23). The van der Waals surface area contributed by atoms with Crippen LogP contribution in [0.1, 0.15) is 5.76 Å². The first-order valence-electron chi connectivity index (χ1n) is 7.82. The molecule has 27 heavy (non-hydrogen) atoms. The minimum atomic E-state index is -0.346. The lowest BCUT2D eigenvalue weighted by Gasteiger charge is -2.02. The highest BCUT2D eigenvalue weighted by Gasteiger charge is 2.11. The molecule has 0 radical (unpaired) electrons. The average molecular weight is 406 g/mol. The second-order valence-corrected chi connectivity index (χ2v) is 7.30. The monoisotopic (exact) mass is 406 g/mol. The van der Waals surface area contributed by atoms with Crippen LogP contribution >= 0.6 is 23.1 Å². The molecule has 0 aliphatic heterocycles. The van der Waals surface area contributed by atoms with Gasteiger partial charge in [-0.3, -0.25) is 9.59 Å². The van der Waals surface area contributed by atoms with Crippen molar-refractivity contribution in [2.75, 3.05) is 22.1 Å². The predicted octanol–water partition coefficient (Wildman–Crippen LogP) is 3.56. The third-order valence-corrected chi connectivity index (χ3v) is 4.92. The zero-order valence-electron chi connectivity index (χ0n) is 14.2. The van der Waals surface area contributed by atoms with Crippen molar-refractivity contribution in [3.05, 3.63) is 47.3 Å². The van der Waals surface area contributed by atoms with Crippen molar-refractivity contribution < 1.29 is 18.5 Å². The smallest absolute Gasteiger partial charge is 0.236 e. The van der Waals surface area contributed by atoms with Crippen molar-refractivity contribution in [3.8, 4) is 11.3 Å². The molecule has 0 aliphatic rings. The topological polar surface area (TPSA) is 97.1 Å². The van der Waals surface area contributed by atoms with Gasteiger partial charge >= 0.3 is 0 Å². The Hall–Kier alpha value is -2.72. The van der Waals surface area contributed by atoms with Crippen LogP contribution in [-0.4, -0.2) is 33.5 Å². The van der Waals surface area contributed by atoms with Gasteiger partial charge in [-0.1, -0.05) is 17.3 Å². The Morgan fingerprint density at radius 3 is 2.70 bits per heavy atom. The summed E-state index contributed by atoms with van der Waals surface area (Å²) in [6.45, 7) is 1.72. The Morgan fingerprint density at radius 1 is 1.22 bits per heavy atom. The molecule has 0 bridgehead atoms. The van der Waals surface area contributed by atoms with E-state index in [2.05, 4.69) is 20.8 Å². The maximum atomic E-state index is 13.3. The van der Waals surface area contributed by atoms with E-state index in [9.17, 15) is 14.0 Å². The molecular formula is C17H15FN4O3S2. The fourth-order valence-electron chi connectivity index (χ4n) is 2.11. The Morgan fingerprint density at radius 2 is 2.00 bits per heavy atom. The first kappa shape index (κ1) is 19.1. The number of carbonyl (C=O) groups is 2. The molecule has 0 unspecified atom stereocenters. The number of amides is 2. The van der Waals surface area contributed by atoms with Gasteiger partial charge in [0.05, 0.1) is 17.2 Å². The molecule has 3 aromatic rings. The molecule has 2 N–H and O–H groups in total. The number of aromatic nitrogens is 2. The number of anilines is 2. The fourth-order valence-corrected chi connectivity index (χ4v) is 3.46. The van der Waals surface area contributed by atoms with Gasteiger partial charge in [-0.05, 0) is 19.1 Å². The first-order valence-corrected chi connectivity index (χ1v) is 9.85. The molecule has 0 fully saturated rings. The average Bonchev–Trinajstić information content (AvgIpc) is 3.24. The van der Waals surface area contributed by atoms with Gasteiger partial charge < -0.3 is 15.2 Å². The molecule has 0 saturated heterocycles. The lowest BCUT2D eigenvalue weighted by Crippen LogP contribution is -2.18. The Labute approximate surface area is 162 Å². The molecule has 1 aromatic carbocycles. The summed E-state index contributed by atoms with van der Waals surface area (Å²) < 4.78 is 18.1. The molecule has 0 saturated carbocycles. The van der Waals surface area contributed by atoms with Gasteiger partial charge in [0, 0.05) is 17.0 Å². The van der Waals surface area contributed by atoms with Crippen molar-refractivity contribution in [2.24, 2.45) is 0 Å². The fraction of sp³-hybridized carbons (Fsp3) is 0.176. The second kappa shape index (κ2) is 8.78. The van der Waals surface area contributed by atoms with Gasteiger partial charge in [0.25, 0.3) is 0 Å². The number of nitrogens with zero attached hydrogens (tertiary/aromatic N) is 2. The Kier molecular flexibility index (Phi) is 6.20. The van der Waals surface area contributed by atoms with E-state index in [4.69, 9.17) is 4.52 Å². The second-order valence-electron chi connectivity index (χ2n) is 5.46. The van der Waals surface area contributed by atoms with Gasteiger partial charge in [-0.25, -0.2) is 9.37 Å². The number of rotatable bonds is 7. The van der Waals surface area contributed by atoms with Crippen LogP contribution in [0, 0.1) is 12.7 Å². The van der Waals surface area contributed by atoms with Crippen LogP contribution in [-0.2, 0) is 9.59 Å². The largest absolute Gasteiger partial charge is 0.360 e. The molecule has 140 valence electrons. The summed E-state index contributed by atoms with van der Waals surface area (Å²) in [7, 11) is 0. The minimum absolute atomic E-state index is 0.0974. The van der Waals surface area contributed by atoms with E-state index in [-0.39, 0.29) is 29.1 Å². The van der Waals surface area contributed by atoms with E-state index >= 15 is 0 Å². The third-order valence-electron chi connectivity index (χ3n) is 3.23. The van der Waals surface area contributed by atoms with Gasteiger partial charge in [-0.15, -0.1) is 23.1 Å². The van der Waals surface area contributed by atoms with Crippen LogP contribution in [0.15, 0.2) is 40.2 Å². The van der Waals surface area contributed by atoms with Gasteiger partial charge in [0.2, 0.25) is 11.8 Å². The van der Waals surface area contributed by atoms with Crippen LogP contribution in [0.4, 0.5) is 15.3 Å². The number of nitrogens with one attached hydrogen (secondary N) is 2. The number of halogens is 1. The van der Waals surface area contributed by atoms with E-state index in [1.54, 1.807) is 30.5 Å². The van der Waals surface area contributed by atoms with Crippen LogP contribution in [0.2, 0.25) is 0 Å². The van der Waals surface area contributed by atoms with Crippen LogP contribution in [0.25, 0.3) is 11.3 Å². The Balaban J connectivity index is 1.43. The van der Waals surface area contributed by atoms with Crippen LogP contribution in [0.5, 0.6) is 0 Å². The van der Waals surface area contributed by atoms with Crippen molar-refractivity contribution in [1.82, 2.24) is 10.1 Å². The summed E-state index contributed by atoms with van der Waals surface area (Å²) in [6.07, 6.45) is 0. The molecule has 0 atom stereocenters. The molecule has 3 rings (SSSR count). The number of hydrogen-bond acceptors (Lipinski definition) is 7. The van der Waals surface area contributed by atoms with E-state index in [1.807, 2.05) is 0 Å². The first-order chi connectivity index (χ1) is 13.0. The van der Waals surface area contributed by atoms with Crippen molar-refractivity contribution >= 4 is 45.9 Å². The Bertz CT molecular complexity index is 957. The van der Waals surface area contributed by atoms with Gasteiger partial charge in [0.1, 0.15) is 11.6 Å². The highest BCUT2D eigenvalue weighted by atomic mass is 32.2. The highest BCUT2D eigenvalue weighted by molar-refractivity contribution is 8.00. The number of thioether (sulfide) groups is 1. The lowest BCUT2D eigenvalue weighted by molar-refractivity contribution is -0.114. The maximum Gasteiger partial charge on any atom is 0.236 e. The quantitative estimate of drug-likeness (QED) is 0.623. The van der Waals surface area contributed by atoms with E-state index in [0.717, 1.165) is 11.8 Å². The molecular weight excluding hydrogens is 391 g/mol.